The Hall–Kier alpha value is -0.460. The Morgan fingerprint density at radius 3 is 3.14 bits per heavy atom. The van der Waals surface area contributed by atoms with E-state index < -0.39 is 0 Å². The zero-order chi connectivity index (χ0) is 9.80. The summed E-state index contributed by atoms with van der Waals surface area (Å²) in [7, 11) is 0. The molecule has 0 spiro atoms. The van der Waals surface area contributed by atoms with Crippen molar-refractivity contribution < 1.29 is 4.74 Å². The molecule has 0 radical (unpaired) electrons. The first-order valence-corrected chi connectivity index (χ1v) is 5.56. The predicted octanol–water partition coefficient (Wildman–Crippen LogP) is 0.331. The molecule has 1 aliphatic rings. The first kappa shape index (κ1) is 10.1. The third kappa shape index (κ3) is 2.76. The van der Waals surface area contributed by atoms with E-state index in [2.05, 4.69) is 30.9 Å². The van der Waals surface area contributed by atoms with Gasteiger partial charge in [0, 0.05) is 19.6 Å². The second-order valence-corrected chi connectivity index (χ2v) is 4.26. The van der Waals surface area contributed by atoms with Crippen LogP contribution < -0.4 is 0 Å². The van der Waals surface area contributed by atoms with Crippen LogP contribution in [0.1, 0.15) is 0 Å². The highest BCUT2D eigenvalue weighted by atomic mass is 79.9. The second-order valence-electron chi connectivity index (χ2n) is 3.24. The van der Waals surface area contributed by atoms with Gasteiger partial charge in [0.1, 0.15) is 17.7 Å². The van der Waals surface area contributed by atoms with Crippen molar-refractivity contribution in [3.8, 4) is 0 Å². The number of rotatable bonds is 3. The highest BCUT2D eigenvalue weighted by Gasteiger charge is 2.17. The Bertz CT molecular complexity index is 266. The smallest absolute Gasteiger partial charge is 0.137 e. The second kappa shape index (κ2) is 4.86. The van der Waals surface area contributed by atoms with Gasteiger partial charge < -0.3 is 4.74 Å². The van der Waals surface area contributed by atoms with Gasteiger partial charge >= 0.3 is 0 Å². The van der Waals surface area contributed by atoms with Gasteiger partial charge in [-0.1, -0.05) is 15.9 Å². The van der Waals surface area contributed by atoms with E-state index in [1.54, 1.807) is 12.7 Å². The standard InChI is InChI=1S/C8H13BrN4O/c9-8-5-12(3-4-14-8)1-2-13-7-10-6-11-13/h6-8H,1-5H2. The summed E-state index contributed by atoms with van der Waals surface area (Å²) in [4.78, 5) is 6.25. The Morgan fingerprint density at radius 1 is 1.50 bits per heavy atom. The fourth-order valence-corrected chi connectivity index (χ4v) is 2.05. The lowest BCUT2D eigenvalue weighted by atomic mass is 10.4. The van der Waals surface area contributed by atoms with E-state index in [1.165, 1.54) is 0 Å². The molecule has 1 fully saturated rings. The molecule has 14 heavy (non-hydrogen) atoms. The van der Waals surface area contributed by atoms with Crippen molar-refractivity contribution in [2.24, 2.45) is 0 Å². The van der Waals surface area contributed by atoms with Crippen LogP contribution in [0.3, 0.4) is 0 Å². The topological polar surface area (TPSA) is 43.2 Å². The Morgan fingerprint density at radius 2 is 2.43 bits per heavy atom. The van der Waals surface area contributed by atoms with E-state index in [1.807, 2.05) is 4.68 Å². The van der Waals surface area contributed by atoms with Crippen LogP contribution in [0.15, 0.2) is 12.7 Å². The van der Waals surface area contributed by atoms with Gasteiger partial charge in [0.25, 0.3) is 0 Å². The van der Waals surface area contributed by atoms with Gasteiger partial charge in [-0.05, 0) is 0 Å². The Balaban J connectivity index is 1.75. The van der Waals surface area contributed by atoms with Crippen molar-refractivity contribution in [2.75, 3.05) is 26.2 Å². The van der Waals surface area contributed by atoms with Gasteiger partial charge in [-0.25, -0.2) is 4.98 Å². The third-order valence-corrected chi connectivity index (χ3v) is 2.77. The van der Waals surface area contributed by atoms with Crippen molar-refractivity contribution in [1.29, 1.82) is 0 Å². The summed E-state index contributed by atoms with van der Waals surface area (Å²) in [6.45, 7) is 4.62. The molecule has 2 heterocycles. The number of halogens is 1. The van der Waals surface area contributed by atoms with Crippen LogP contribution >= 0.6 is 15.9 Å². The maximum atomic E-state index is 5.39. The third-order valence-electron chi connectivity index (χ3n) is 2.22. The molecule has 1 saturated heterocycles. The summed E-state index contributed by atoms with van der Waals surface area (Å²) in [6.07, 6.45) is 3.30. The molecule has 0 N–H and O–H groups in total. The molecular formula is C8H13BrN4O. The van der Waals surface area contributed by atoms with Crippen molar-refractivity contribution >= 4 is 15.9 Å². The molecule has 2 rings (SSSR count). The summed E-state index contributed by atoms with van der Waals surface area (Å²) < 4.78 is 7.23. The molecule has 1 aromatic heterocycles. The maximum Gasteiger partial charge on any atom is 0.137 e. The number of nitrogens with zero attached hydrogens (tertiary/aromatic N) is 4. The highest BCUT2D eigenvalue weighted by Crippen LogP contribution is 2.09. The van der Waals surface area contributed by atoms with Crippen LogP contribution in [0, 0.1) is 0 Å². The van der Waals surface area contributed by atoms with Crippen LogP contribution in [0.25, 0.3) is 0 Å². The number of alkyl halides is 1. The van der Waals surface area contributed by atoms with Gasteiger partial charge in [-0.3, -0.25) is 9.58 Å². The minimum absolute atomic E-state index is 0.173. The lowest BCUT2D eigenvalue weighted by molar-refractivity contribution is 0.0200. The van der Waals surface area contributed by atoms with E-state index >= 15 is 0 Å². The summed E-state index contributed by atoms with van der Waals surface area (Å²) in [5.41, 5.74) is 0. The number of morpholine rings is 1. The molecule has 0 saturated carbocycles. The molecule has 1 aromatic rings. The van der Waals surface area contributed by atoms with Crippen molar-refractivity contribution in [1.82, 2.24) is 19.7 Å². The fourth-order valence-electron chi connectivity index (χ4n) is 1.45. The molecule has 0 amide bonds. The summed E-state index contributed by atoms with van der Waals surface area (Å²) in [5.74, 6) is 0. The van der Waals surface area contributed by atoms with Crippen LogP contribution in [0.2, 0.25) is 0 Å². The average molecular weight is 261 g/mol. The van der Waals surface area contributed by atoms with Crippen LogP contribution in [0.5, 0.6) is 0 Å². The highest BCUT2D eigenvalue weighted by molar-refractivity contribution is 9.09. The van der Waals surface area contributed by atoms with E-state index in [-0.39, 0.29) is 5.01 Å². The maximum absolute atomic E-state index is 5.39. The van der Waals surface area contributed by atoms with E-state index in [0.717, 1.165) is 32.8 Å². The fraction of sp³-hybridized carbons (Fsp3) is 0.750. The van der Waals surface area contributed by atoms with Crippen molar-refractivity contribution in [2.45, 2.75) is 11.6 Å². The molecule has 0 aliphatic carbocycles. The lowest BCUT2D eigenvalue weighted by Crippen LogP contribution is -2.41. The molecule has 1 aliphatic heterocycles. The zero-order valence-corrected chi connectivity index (χ0v) is 9.43. The molecule has 78 valence electrons. The number of hydrogen-bond acceptors (Lipinski definition) is 4. The van der Waals surface area contributed by atoms with Crippen molar-refractivity contribution in [3.63, 3.8) is 0 Å². The van der Waals surface area contributed by atoms with Crippen LogP contribution in [-0.2, 0) is 11.3 Å². The Labute approximate surface area is 91.2 Å². The van der Waals surface area contributed by atoms with Crippen LogP contribution in [0.4, 0.5) is 0 Å². The molecule has 0 bridgehead atoms. The minimum atomic E-state index is 0.173. The van der Waals surface area contributed by atoms with Gasteiger partial charge in [-0.2, -0.15) is 5.10 Å². The summed E-state index contributed by atoms with van der Waals surface area (Å²) in [5, 5.41) is 4.23. The SMILES string of the molecule is BrC1CN(CCn2cncn2)CCO1. The normalized spacial score (nSPS) is 23.9. The van der Waals surface area contributed by atoms with Gasteiger partial charge in [0.15, 0.2) is 0 Å². The van der Waals surface area contributed by atoms with Crippen LogP contribution in [-0.4, -0.2) is 50.9 Å². The van der Waals surface area contributed by atoms with E-state index in [0.29, 0.717) is 0 Å². The number of ether oxygens (including phenoxy) is 1. The van der Waals surface area contributed by atoms with Gasteiger partial charge in [0.2, 0.25) is 0 Å². The average Bonchev–Trinajstić information content (AvgIpc) is 2.67. The van der Waals surface area contributed by atoms with Gasteiger partial charge in [-0.15, -0.1) is 0 Å². The molecule has 1 atom stereocenters. The quantitative estimate of drug-likeness (QED) is 0.735. The Kier molecular flexibility index (Phi) is 3.49. The minimum Gasteiger partial charge on any atom is -0.364 e. The van der Waals surface area contributed by atoms with Gasteiger partial charge in [0.05, 0.1) is 13.2 Å². The molecular weight excluding hydrogens is 248 g/mol. The molecule has 5 nitrogen and oxygen atoms in total. The largest absolute Gasteiger partial charge is 0.364 e. The first-order valence-electron chi connectivity index (χ1n) is 4.65. The number of aromatic nitrogens is 3. The monoisotopic (exact) mass is 260 g/mol. The predicted molar refractivity (Wildman–Crippen MR) is 55.1 cm³/mol. The van der Waals surface area contributed by atoms with E-state index in [9.17, 15) is 0 Å². The lowest BCUT2D eigenvalue weighted by Gasteiger charge is -2.29. The molecule has 1 unspecified atom stereocenters. The first-order chi connectivity index (χ1) is 6.84. The summed E-state index contributed by atoms with van der Waals surface area (Å²) >= 11 is 3.45. The van der Waals surface area contributed by atoms with Crippen molar-refractivity contribution in [3.05, 3.63) is 12.7 Å². The summed E-state index contributed by atoms with van der Waals surface area (Å²) in [6, 6.07) is 0. The van der Waals surface area contributed by atoms with E-state index in [4.69, 9.17) is 4.74 Å². The molecule has 0 aromatic carbocycles. The number of hydrogen-bond donors (Lipinski definition) is 0. The molecule has 6 heteroatoms. The zero-order valence-electron chi connectivity index (χ0n) is 7.84.